The zero-order valence-electron chi connectivity index (χ0n) is 11.1. The monoisotopic (exact) mass is 252 g/mol. The number of aromatic amines is 1. The van der Waals surface area contributed by atoms with E-state index in [1.807, 2.05) is 6.20 Å². The second-order valence-electron chi connectivity index (χ2n) is 5.80. The van der Waals surface area contributed by atoms with Gasteiger partial charge in [0.1, 0.15) is 19.8 Å². The van der Waals surface area contributed by atoms with Crippen molar-refractivity contribution in [2.24, 2.45) is 5.92 Å². The highest BCUT2D eigenvalue weighted by Crippen LogP contribution is 2.47. The van der Waals surface area contributed by atoms with Gasteiger partial charge in [-0.15, -0.1) is 0 Å². The van der Waals surface area contributed by atoms with E-state index in [0.717, 1.165) is 11.5 Å². The molecule has 1 aromatic heterocycles. The molecular weight excluding hydrogens is 235 g/mol. The van der Waals surface area contributed by atoms with Gasteiger partial charge in [-0.1, -0.05) is 29.7 Å². The Hall–Kier alpha value is -1.55. The van der Waals surface area contributed by atoms with Gasteiger partial charge < -0.3 is 9.72 Å². The van der Waals surface area contributed by atoms with Gasteiger partial charge in [-0.2, -0.15) is 0 Å². The smallest absolute Gasteiger partial charge is 0.139 e. The number of benzene rings is 1. The van der Waals surface area contributed by atoms with Crippen LogP contribution in [0.4, 0.5) is 0 Å². The van der Waals surface area contributed by atoms with Gasteiger partial charge in [0.2, 0.25) is 0 Å². The lowest BCUT2D eigenvalue weighted by Gasteiger charge is -2.20. The maximum absolute atomic E-state index is 6.02. The lowest BCUT2D eigenvalue weighted by atomic mass is 9.95. The largest absolute Gasteiger partial charge is 0.367 e. The third-order valence-electron chi connectivity index (χ3n) is 4.42. The van der Waals surface area contributed by atoms with E-state index in [2.05, 4.69) is 42.1 Å². The molecule has 2 aromatic rings. The molecule has 1 aromatic carbocycles. The highest BCUT2D eigenvalue weighted by Gasteiger charge is 2.42. The fourth-order valence-electron chi connectivity index (χ4n) is 3.34. The lowest BCUT2D eigenvalue weighted by Crippen LogP contribution is -2.14. The van der Waals surface area contributed by atoms with Crippen molar-refractivity contribution in [3.63, 3.8) is 0 Å². The molecule has 0 spiro atoms. The Labute approximate surface area is 113 Å². The van der Waals surface area contributed by atoms with Crippen LogP contribution < -0.4 is 5.46 Å². The Bertz CT molecular complexity index is 592. The normalized spacial score (nSPS) is 28.9. The summed E-state index contributed by atoms with van der Waals surface area (Å²) in [5.74, 6) is 1.67. The summed E-state index contributed by atoms with van der Waals surface area (Å²) in [4.78, 5) is 7.97. The third kappa shape index (κ3) is 1.91. The highest BCUT2D eigenvalue weighted by atomic mass is 16.5. The Morgan fingerprint density at radius 3 is 2.74 bits per heavy atom. The zero-order valence-corrected chi connectivity index (χ0v) is 11.1. The number of hydrogen-bond acceptors (Lipinski definition) is 2. The number of ether oxygens (including phenoxy) is 1. The average molecular weight is 252 g/mol. The summed E-state index contributed by atoms with van der Waals surface area (Å²) in [7, 11) is 2.10. The number of H-pyrrole nitrogens is 1. The van der Waals surface area contributed by atoms with Crippen LogP contribution in [0.15, 0.2) is 30.5 Å². The first-order valence-corrected chi connectivity index (χ1v) is 7.07. The van der Waals surface area contributed by atoms with Gasteiger partial charge in [-0.05, 0) is 30.7 Å². The van der Waals surface area contributed by atoms with Gasteiger partial charge in [0.15, 0.2) is 0 Å². The number of nitrogens with zero attached hydrogens (tertiary/aromatic N) is 1. The SMILES string of the molecule is Bc1ccc(-c2cnc([C@H]3O[C@@H]4CC[C@H]3C4)[nH]2)cc1. The molecule has 1 aliphatic carbocycles. The second kappa shape index (κ2) is 4.24. The highest BCUT2D eigenvalue weighted by molar-refractivity contribution is 6.32. The molecule has 19 heavy (non-hydrogen) atoms. The number of rotatable bonds is 2. The Morgan fingerprint density at radius 2 is 2.05 bits per heavy atom. The standard InChI is InChI=1S/C15H17BN2O/c16-11-4-1-9(2-5-11)13-8-17-15(18-13)14-10-3-6-12(7-10)19-14/h1-2,4-5,8,10,12,14H,3,6-7,16H2,(H,17,18)/t10-,12+,14-/m0/s1. The first-order chi connectivity index (χ1) is 9.29. The van der Waals surface area contributed by atoms with Gasteiger partial charge in [0.05, 0.1) is 18.0 Å². The fourth-order valence-corrected chi connectivity index (χ4v) is 3.34. The number of fused-ring (bicyclic) bond motifs is 2. The molecule has 4 rings (SSSR count). The van der Waals surface area contributed by atoms with Crippen molar-refractivity contribution in [2.45, 2.75) is 31.5 Å². The predicted octanol–water partition coefficient (Wildman–Crippen LogP) is 1.58. The first-order valence-electron chi connectivity index (χ1n) is 7.07. The third-order valence-corrected chi connectivity index (χ3v) is 4.42. The summed E-state index contributed by atoms with van der Waals surface area (Å²) in [5, 5.41) is 0. The van der Waals surface area contributed by atoms with Gasteiger partial charge in [-0.3, -0.25) is 0 Å². The van der Waals surface area contributed by atoms with Crippen LogP contribution in [0.5, 0.6) is 0 Å². The van der Waals surface area contributed by atoms with Gasteiger partial charge in [0, 0.05) is 0 Å². The van der Waals surface area contributed by atoms with Crippen molar-refractivity contribution in [1.82, 2.24) is 9.97 Å². The lowest BCUT2D eigenvalue weighted by molar-refractivity contribution is -0.00179. The van der Waals surface area contributed by atoms with Crippen LogP contribution in [-0.2, 0) is 4.74 Å². The molecular formula is C15H17BN2O. The van der Waals surface area contributed by atoms with Crippen LogP contribution >= 0.6 is 0 Å². The molecule has 2 fully saturated rings. The summed E-state index contributed by atoms with van der Waals surface area (Å²) >= 11 is 0. The molecule has 1 aliphatic heterocycles. The Morgan fingerprint density at radius 1 is 1.21 bits per heavy atom. The Kier molecular flexibility index (Phi) is 2.52. The van der Waals surface area contributed by atoms with E-state index in [0.29, 0.717) is 12.0 Å². The van der Waals surface area contributed by atoms with E-state index < -0.39 is 0 Å². The van der Waals surface area contributed by atoms with Crippen LogP contribution in [0, 0.1) is 5.92 Å². The van der Waals surface area contributed by atoms with E-state index in [-0.39, 0.29) is 6.10 Å². The maximum atomic E-state index is 6.02. The summed E-state index contributed by atoms with van der Waals surface area (Å²) in [6.07, 6.45) is 6.32. The van der Waals surface area contributed by atoms with Crippen molar-refractivity contribution in [3.05, 3.63) is 36.3 Å². The summed E-state index contributed by atoms with van der Waals surface area (Å²) in [6, 6.07) is 8.52. The summed E-state index contributed by atoms with van der Waals surface area (Å²) in [6.45, 7) is 0. The summed E-state index contributed by atoms with van der Waals surface area (Å²) in [5.41, 5.74) is 3.55. The van der Waals surface area contributed by atoms with Gasteiger partial charge in [-0.25, -0.2) is 4.98 Å². The van der Waals surface area contributed by atoms with Crippen LogP contribution in [0.1, 0.15) is 31.2 Å². The van der Waals surface area contributed by atoms with Crippen molar-refractivity contribution in [1.29, 1.82) is 0 Å². The van der Waals surface area contributed by atoms with Crippen LogP contribution in [0.2, 0.25) is 0 Å². The van der Waals surface area contributed by atoms with Crippen LogP contribution in [-0.4, -0.2) is 23.9 Å². The van der Waals surface area contributed by atoms with Gasteiger partial charge >= 0.3 is 0 Å². The average Bonchev–Trinajstić information content (AvgIpc) is 3.15. The molecule has 1 saturated carbocycles. The molecule has 2 heterocycles. The molecule has 2 aliphatic rings. The molecule has 96 valence electrons. The van der Waals surface area contributed by atoms with E-state index in [4.69, 9.17) is 4.74 Å². The van der Waals surface area contributed by atoms with Gasteiger partial charge in [0.25, 0.3) is 0 Å². The molecule has 0 amide bonds. The predicted molar refractivity (Wildman–Crippen MR) is 77.2 cm³/mol. The molecule has 2 bridgehead atoms. The quantitative estimate of drug-likeness (QED) is 0.824. The molecule has 1 saturated heterocycles. The number of nitrogens with one attached hydrogen (secondary N) is 1. The molecule has 0 radical (unpaired) electrons. The van der Waals surface area contributed by atoms with E-state index in [1.54, 1.807) is 0 Å². The minimum absolute atomic E-state index is 0.193. The Balaban J connectivity index is 1.61. The second-order valence-corrected chi connectivity index (χ2v) is 5.80. The van der Waals surface area contributed by atoms with Crippen molar-refractivity contribution in [2.75, 3.05) is 0 Å². The minimum Gasteiger partial charge on any atom is -0.367 e. The number of hydrogen-bond donors (Lipinski definition) is 1. The van der Waals surface area contributed by atoms with E-state index in [1.165, 1.54) is 30.3 Å². The fraction of sp³-hybridized carbons (Fsp3) is 0.400. The number of aromatic nitrogens is 2. The topological polar surface area (TPSA) is 37.9 Å². The minimum atomic E-state index is 0.193. The zero-order chi connectivity index (χ0) is 12.8. The molecule has 0 unspecified atom stereocenters. The summed E-state index contributed by atoms with van der Waals surface area (Å²) < 4.78 is 6.02. The van der Waals surface area contributed by atoms with Crippen molar-refractivity contribution >= 4 is 13.3 Å². The maximum Gasteiger partial charge on any atom is 0.139 e. The van der Waals surface area contributed by atoms with Crippen molar-refractivity contribution < 1.29 is 4.74 Å². The van der Waals surface area contributed by atoms with Crippen LogP contribution in [0.3, 0.4) is 0 Å². The molecule has 3 nitrogen and oxygen atoms in total. The molecule has 4 heteroatoms. The molecule has 1 N–H and O–H groups in total. The van der Waals surface area contributed by atoms with E-state index in [9.17, 15) is 0 Å². The molecule has 3 atom stereocenters. The van der Waals surface area contributed by atoms with Crippen LogP contribution in [0.25, 0.3) is 11.3 Å². The van der Waals surface area contributed by atoms with Crippen molar-refractivity contribution in [3.8, 4) is 11.3 Å². The first kappa shape index (κ1) is 11.3. The number of imidazole rings is 1. The van der Waals surface area contributed by atoms with E-state index >= 15 is 0 Å².